The number of aromatic nitrogens is 1. The first-order valence-corrected chi connectivity index (χ1v) is 8.89. The first-order chi connectivity index (χ1) is 10.7. The van der Waals surface area contributed by atoms with Crippen LogP contribution in [0.25, 0.3) is 11.3 Å². The van der Waals surface area contributed by atoms with E-state index in [4.69, 9.17) is 9.72 Å². The van der Waals surface area contributed by atoms with Gasteiger partial charge in [-0.05, 0) is 64.0 Å². The molecule has 0 saturated carbocycles. The van der Waals surface area contributed by atoms with Gasteiger partial charge < -0.3 is 9.64 Å². The number of nitrogens with zero attached hydrogens (tertiary/aromatic N) is 2. The van der Waals surface area contributed by atoms with E-state index in [-0.39, 0.29) is 0 Å². The van der Waals surface area contributed by atoms with Gasteiger partial charge in [-0.25, -0.2) is 4.98 Å². The zero-order valence-corrected chi connectivity index (χ0v) is 14.4. The molecule has 1 fully saturated rings. The molecule has 1 saturated heterocycles. The molecule has 3 rings (SSSR count). The van der Waals surface area contributed by atoms with E-state index in [1.807, 2.05) is 23.5 Å². The maximum Gasteiger partial charge on any atom is 0.118 e. The molecule has 0 spiro atoms. The molecule has 0 N–H and O–H groups in total. The molecule has 2 heterocycles. The second-order valence-electron chi connectivity index (χ2n) is 6.20. The highest BCUT2D eigenvalue weighted by molar-refractivity contribution is 7.10. The molecular weight excluding hydrogens is 292 g/mol. The van der Waals surface area contributed by atoms with Gasteiger partial charge in [0.1, 0.15) is 5.75 Å². The lowest BCUT2D eigenvalue weighted by atomic mass is 9.96. The van der Waals surface area contributed by atoms with E-state index in [1.165, 1.54) is 36.5 Å². The fraction of sp³-hybridized carbons (Fsp3) is 0.500. The molecule has 1 aliphatic heterocycles. The number of thiazole rings is 1. The summed E-state index contributed by atoms with van der Waals surface area (Å²) in [5, 5.41) is 3.49. The number of rotatable bonds is 4. The lowest BCUT2D eigenvalue weighted by molar-refractivity contribution is 0.172. The number of methoxy groups -OCH3 is 1. The van der Waals surface area contributed by atoms with Crippen molar-refractivity contribution in [2.24, 2.45) is 0 Å². The molecule has 0 amide bonds. The zero-order valence-electron chi connectivity index (χ0n) is 13.6. The Morgan fingerprint density at radius 3 is 2.45 bits per heavy atom. The van der Waals surface area contributed by atoms with Crippen LogP contribution >= 0.6 is 11.3 Å². The molecule has 0 aliphatic carbocycles. The standard InChI is InChI=1S/C18H24N2OS/c1-13(2)20-10-8-15(9-11-20)18-19-17(12-22-18)14-4-6-16(21-3)7-5-14/h4-7,12-13,15H,8-11H2,1-3H3. The lowest BCUT2D eigenvalue weighted by Gasteiger charge is -2.33. The van der Waals surface area contributed by atoms with Gasteiger partial charge in [-0.3, -0.25) is 0 Å². The topological polar surface area (TPSA) is 25.4 Å². The Bertz CT molecular complexity index is 598. The molecule has 0 atom stereocenters. The van der Waals surface area contributed by atoms with E-state index in [0.717, 1.165) is 11.4 Å². The van der Waals surface area contributed by atoms with Crippen molar-refractivity contribution < 1.29 is 4.74 Å². The lowest BCUT2D eigenvalue weighted by Crippen LogP contribution is -2.37. The van der Waals surface area contributed by atoms with Crippen molar-refractivity contribution in [3.63, 3.8) is 0 Å². The predicted molar refractivity (Wildman–Crippen MR) is 92.8 cm³/mol. The molecule has 0 radical (unpaired) electrons. The molecule has 22 heavy (non-hydrogen) atoms. The van der Waals surface area contributed by atoms with Crippen molar-refractivity contribution in [1.82, 2.24) is 9.88 Å². The summed E-state index contributed by atoms with van der Waals surface area (Å²) in [6, 6.07) is 8.82. The molecule has 0 unspecified atom stereocenters. The van der Waals surface area contributed by atoms with Crippen LogP contribution in [0.4, 0.5) is 0 Å². The number of likely N-dealkylation sites (tertiary alicyclic amines) is 1. The molecule has 1 aromatic heterocycles. The van der Waals surface area contributed by atoms with Crippen molar-refractivity contribution in [3.8, 4) is 17.0 Å². The first-order valence-electron chi connectivity index (χ1n) is 8.01. The molecule has 118 valence electrons. The summed E-state index contributed by atoms with van der Waals surface area (Å²) in [7, 11) is 1.69. The van der Waals surface area contributed by atoms with Crippen LogP contribution in [0.15, 0.2) is 29.6 Å². The highest BCUT2D eigenvalue weighted by Gasteiger charge is 2.24. The van der Waals surface area contributed by atoms with E-state index >= 15 is 0 Å². The van der Waals surface area contributed by atoms with E-state index in [0.29, 0.717) is 12.0 Å². The Morgan fingerprint density at radius 2 is 1.86 bits per heavy atom. The minimum Gasteiger partial charge on any atom is -0.497 e. The average molecular weight is 316 g/mol. The average Bonchev–Trinajstić information content (AvgIpc) is 3.05. The normalized spacial score (nSPS) is 17.1. The van der Waals surface area contributed by atoms with Crippen LogP contribution < -0.4 is 4.74 Å². The molecule has 3 nitrogen and oxygen atoms in total. The van der Waals surface area contributed by atoms with E-state index in [2.05, 4.69) is 36.3 Å². The molecular formula is C18H24N2OS. The van der Waals surface area contributed by atoms with Gasteiger partial charge in [-0.2, -0.15) is 0 Å². The Balaban J connectivity index is 1.68. The van der Waals surface area contributed by atoms with Crippen molar-refractivity contribution in [2.75, 3.05) is 20.2 Å². The summed E-state index contributed by atoms with van der Waals surface area (Å²) >= 11 is 1.81. The minimum absolute atomic E-state index is 0.631. The maximum absolute atomic E-state index is 5.21. The molecule has 0 bridgehead atoms. The van der Waals surface area contributed by atoms with Gasteiger partial charge in [0, 0.05) is 22.9 Å². The summed E-state index contributed by atoms with van der Waals surface area (Å²) in [5.74, 6) is 1.52. The van der Waals surface area contributed by atoms with Crippen molar-refractivity contribution >= 4 is 11.3 Å². The van der Waals surface area contributed by atoms with Crippen LogP contribution in [-0.4, -0.2) is 36.1 Å². The number of hydrogen-bond acceptors (Lipinski definition) is 4. The highest BCUT2D eigenvalue weighted by atomic mass is 32.1. The Labute approximate surface area is 137 Å². The zero-order chi connectivity index (χ0) is 15.5. The number of ether oxygens (including phenoxy) is 1. The van der Waals surface area contributed by atoms with E-state index in [1.54, 1.807) is 7.11 Å². The van der Waals surface area contributed by atoms with Crippen LogP contribution in [0, 0.1) is 0 Å². The SMILES string of the molecule is COc1ccc(-c2csc(C3CCN(C(C)C)CC3)n2)cc1. The molecule has 1 aliphatic rings. The van der Waals surface area contributed by atoms with Crippen LogP contribution in [-0.2, 0) is 0 Å². The monoisotopic (exact) mass is 316 g/mol. The summed E-state index contributed by atoms with van der Waals surface area (Å²) in [5.41, 5.74) is 2.26. The quantitative estimate of drug-likeness (QED) is 0.835. The third-order valence-corrected chi connectivity index (χ3v) is 5.52. The number of hydrogen-bond donors (Lipinski definition) is 0. The predicted octanol–water partition coefficient (Wildman–Crippen LogP) is 4.41. The van der Waals surface area contributed by atoms with Crippen molar-refractivity contribution in [2.45, 2.75) is 38.6 Å². The summed E-state index contributed by atoms with van der Waals surface area (Å²) in [6.07, 6.45) is 2.46. The van der Waals surface area contributed by atoms with Crippen molar-refractivity contribution in [1.29, 1.82) is 0 Å². The number of benzene rings is 1. The van der Waals surface area contributed by atoms with E-state index in [9.17, 15) is 0 Å². The smallest absolute Gasteiger partial charge is 0.118 e. The third-order valence-electron chi connectivity index (χ3n) is 4.52. The van der Waals surface area contributed by atoms with Crippen LogP contribution in [0.3, 0.4) is 0 Å². The second kappa shape index (κ2) is 6.80. The Kier molecular flexibility index (Phi) is 4.79. The van der Waals surface area contributed by atoms with Crippen LogP contribution in [0.5, 0.6) is 5.75 Å². The number of piperidine rings is 1. The van der Waals surface area contributed by atoms with Crippen molar-refractivity contribution in [3.05, 3.63) is 34.7 Å². The van der Waals surface area contributed by atoms with Gasteiger partial charge in [-0.15, -0.1) is 11.3 Å². The van der Waals surface area contributed by atoms with Gasteiger partial charge in [0.2, 0.25) is 0 Å². The maximum atomic E-state index is 5.21. The highest BCUT2D eigenvalue weighted by Crippen LogP contribution is 2.33. The summed E-state index contributed by atoms with van der Waals surface area (Å²) in [6.45, 7) is 6.95. The Morgan fingerprint density at radius 1 is 1.18 bits per heavy atom. The van der Waals surface area contributed by atoms with Gasteiger partial charge in [0.15, 0.2) is 0 Å². The van der Waals surface area contributed by atoms with Crippen LogP contribution in [0.2, 0.25) is 0 Å². The minimum atomic E-state index is 0.631. The molecule has 4 heteroatoms. The van der Waals surface area contributed by atoms with E-state index < -0.39 is 0 Å². The largest absolute Gasteiger partial charge is 0.497 e. The Hall–Kier alpha value is -1.39. The van der Waals surface area contributed by atoms with Gasteiger partial charge >= 0.3 is 0 Å². The van der Waals surface area contributed by atoms with Crippen LogP contribution in [0.1, 0.15) is 37.6 Å². The fourth-order valence-corrected chi connectivity index (χ4v) is 4.03. The van der Waals surface area contributed by atoms with Gasteiger partial charge in [0.05, 0.1) is 17.8 Å². The third kappa shape index (κ3) is 3.33. The summed E-state index contributed by atoms with van der Waals surface area (Å²) in [4.78, 5) is 7.45. The van der Waals surface area contributed by atoms with Gasteiger partial charge in [0.25, 0.3) is 0 Å². The fourth-order valence-electron chi connectivity index (χ4n) is 3.03. The molecule has 1 aromatic carbocycles. The van der Waals surface area contributed by atoms with Gasteiger partial charge in [-0.1, -0.05) is 0 Å². The first kappa shape index (κ1) is 15.5. The summed E-state index contributed by atoms with van der Waals surface area (Å²) < 4.78 is 5.21. The second-order valence-corrected chi connectivity index (χ2v) is 7.09. The molecule has 2 aromatic rings.